The van der Waals surface area contributed by atoms with Gasteiger partial charge < -0.3 is 4.74 Å². The highest BCUT2D eigenvalue weighted by molar-refractivity contribution is 6.50. The molecule has 0 bridgehead atoms. The lowest BCUT2D eigenvalue weighted by molar-refractivity contribution is -0.135. The van der Waals surface area contributed by atoms with Crippen molar-refractivity contribution < 1.29 is 14.3 Å². The molecular weight excluding hydrogens is 300 g/mol. The lowest BCUT2D eigenvalue weighted by Gasteiger charge is -2.56. The SMILES string of the molecule is CO[C@H]1C[C@H]2C(C)(C)CCC[C@]2(C)C2=C1C=C(C(C)C)C(=O)C2=O. The van der Waals surface area contributed by atoms with Gasteiger partial charge in [-0.25, -0.2) is 0 Å². The molecule has 0 unspecified atom stereocenters. The quantitative estimate of drug-likeness (QED) is 0.561. The van der Waals surface area contributed by atoms with Crippen LogP contribution in [0.15, 0.2) is 22.8 Å². The van der Waals surface area contributed by atoms with Gasteiger partial charge in [-0.05, 0) is 48.2 Å². The first-order valence-electron chi connectivity index (χ1n) is 9.21. The maximum Gasteiger partial charge on any atom is 0.230 e. The van der Waals surface area contributed by atoms with E-state index in [9.17, 15) is 9.59 Å². The standard InChI is InChI=1S/C21H30O3/c1-12(2)13-10-14-15(24-6)11-16-20(3,4)8-7-9-21(16,5)17(14)19(23)18(13)22/h10,12,15-16H,7-9,11H2,1-6H3/t15-,16-,21-/m0/s1. The average Bonchev–Trinajstić information content (AvgIpc) is 2.49. The fraction of sp³-hybridized carbons (Fsp3) is 0.714. The minimum Gasteiger partial charge on any atom is -0.377 e. The van der Waals surface area contributed by atoms with Crippen LogP contribution < -0.4 is 0 Å². The largest absolute Gasteiger partial charge is 0.377 e. The van der Waals surface area contributed by atoms with E-state index in [0.717, 1.165) is 30.4 Å². The topological polar surface area (TPSA) is 43.4 Å². The van der Waals surface area contributed by atoms with Gasteiger partial charge in [0.05, 0.1) is 6.10 Å². The third-order valence-electron chi connectivity index (χ3n) is 6.80. The van der Waals surface area contributed by atoms with Crippen molar-refractivity contribution in [2.24, 2.45) is 22.7 Å². The Labute approximate surface area is 145 Å². The van der Waals surface area contributed by atoms with Gasteiger partial charge in [-0.2, -0.15) is 0 Å². The van der Waals surface area contributed by atoms with E-state index in [2.05, 4.69) is 20.8 Å². The van der Waals surface area contributed by atoms with Crippen molar-refractivity contribution in [1.29, 1.82) is 0 Å². The fourth-order valence-corrected chi connectivity index (χ4v) is 5.52. The summed E-state index contributed by atoms with van der Waals surface area (Å²) in [6.07, 6.45) is 6.09. The molecule has 3 aliphatic carbocycles. The van der Waals surface area contributed by atoms with E-state index in [1.807, 2.05) is 19.9 Å². The Morgan fingerprint density at radius 2 is 1.79 bits per heavy atom. The molecule has 1 saturated carbocycles. The van der Waals surface area contributed by atoms with Gasteiger partial charge in [0, 0.05) is 23.7 Å². The van der Waals surface area contributed by atoms with Crippen molar-refractivity contribution in [3.63, 3.8) is 0 Å². The molecule has 0 aromatic carbocycles. The Bertz CT molecular complexity index is 650. The molecule has 0 aromatic rings. The number of carbonyl (C=O) groups excluding carboxylic acids is 2. The van der Waals surface area contributed by atoms with E-state index >= 15 is 0 Å². The highest BCUT2D eigenvalue weighted by Crippen LogP contribution is 2.60. The van der Waals surface area contributed by atoms with Crippen LogP contribution in [0.5, 0.6) is 0 Å². The third kappa shape index (κ3) is 2.35. The summed E-state index contributed by atoms with van der Waals surface area (Å²) in [6, 6.07) is 0. The van der Waals surface area contributed by atoms with E-state index in [1.54, 1.807) is 7.11 Å². The molecule has 0 aliphatic heterocycles. The summed E-state index contributed by atoms with van der Waals surface area (Å²) in [5.41, 5.74) is 2.32. The van der Waals surface area contributed by atoms with Crippen LogP contribution in [0.2, 0.25) is 0 Å². The number of hydrogen-bond donors (Lipinski definition) is 0. The normalized spacial score (nSPS) is 35.7. The zero-order valence-corrected chi connectivity index (χ0v) is 15.9. The Balaban J connectivity index is 2.22. The Morgan fingerprint density at radius 1 is 1.12 bits per heavy atom. The number of allylic oxidation sites excluding steroid dienone is 2. The van der Waals surface area contributed by atoms with Gasteiger partial charge in [0.15, 0.2) is 0 Å². The molecule has 3 aliphatic rings. The van der Waals surface area contributed by atoms with Crippen LogP contribution in [-0.4, -0.2) is 24.8 Å². The lowest BCUT2D eigenvalue weighted by Crippen LogP contribution is -2.52. The number of carbonyl (C=O) groups is 2. The van der Waals surface area contributed by atoms with Crippen molar-refractivity contribution in [3.8, 4) is 0 Å². The van der Waals surface area contributed by atoms with Crippen LogP contribution in [0.1, 0.15) is 60.3 Å². The van der Waals surface area contributed by atoms with E-state index in [0.29, 0.717) is 11.5 Å². The van der Waals surface area contributed by atoms with Crippen LogP contribution in [0, 0.1) is 22.7 Å². The van der Waals surface area contributed by atoms with Crippen LogP contribution in [0.25, 0.3) is 0 Å². The summed E-state index contributed by atoms with van der Waals surface area (Å²) in [6.45, 7) is 10.8. The third-order valence-corrected chi connectivity index (χ3v) is 6.80. The van der Waals surface area contributed by atoms with Crippen molar-refractivity contribution in [1.82, 2.24) is 0 Å². The number of rotatable bonds is 2. The predicted molar refractivity (Wildman–Crippen MR) is 94.6 cm³/mol. The van der Waals surface area contributed by atoms with Gasteiger partial charge in [-0.15, -0.1) is 0 Å². The van der Waals surface area contributed by atoms with Crippen molar-refractivity contribution in [3.05, 3.63) is 22.8 Å². The maximum absolute atomic E-state index is 13.1. The summed E-state index contributed by atoms with van der Waals surface area (Å²) in [4.78, 5) is 25.8. The smallest absolute Gasteiger partial charge is 0.230 e. The summed E-state index contributed by atoms with van der Waals surface area (Å²) in [7, 11) is 1.72. The number of hydrogen-bond acceptors (Lipinski definition) is 3. The molecule has 0 heterocycles. The van der Waals surface area contributed by atoms with E-state index < -0.39 is 0 Å². The van der Waals surface area contributed by atoms with Crippen LogP contribution >= 0.6 is 0 Å². The summed E-state index contributed by atoms with van der Waals surface area (Å²) < 4.78 is 5.79. The second-order valence-corrected chi connectivity index (χ2v) is 9.02. The minimum atomic E-state index is -0.302. The summed E-state index contributed by atoms with van der Waals surface area (Å²) >= 11 is 0. The van der Waals surface area contributed by atoms with Gasteiger partial charge in [0.25, 0.3) is 0 Å². The fourth-order valence-electron chi connectivity index (χ4n) is 5.52. The molecule has 3 atom stereocenters. The average molecular weight is 330 g/mol. The molecule has 3 nitrogen and oxygen atoms in total. The number of methoxy groups -OCH3 is 1. The number of fused-ring (bicyclic) bond motifs is 2. The zero-order chi connectivity index (χ0) is 17.9. The Hall–Kier alpha value is -1.22. The second-order valence-electron chi connectivity index (χ2n) is 9.02. The predicted octanol–water partition coefficient (Wildman–Crippen LogP) is 4.27. The molecule has 0 radical (unpaired) electrons. The molecule has 132 valence electrons. The van der Waals surface area contributed by atoms with Gasteiger partial charge in [0.2, 0.25) is 11.6 Å². The van der Waals surface area contributed by atoms with Crippen LogP contribution in [0.3, 0.4) is 0 Å². The molecule has 3 heteroatoms. The summed E-state index contributed by atoms with van der Waals surface area (Å²) in [5.74, 6) is -0.151. The second kappa shape index (κ2) is 5.66. The zero-order valence-electron chi connectivity index (χ0n) is 15.9. The Kier molecular flexibility index (Phi) is 4.15. The highest BCUT2D eigenvalue weighted by atomic mass is 16.5. The lowest BCUT2D eigenvalue weighted by atomic mass is 9.48. The Morgan fingerprint density at radius 3 is 2.38 bits per heavy atom. The molecular formula is C21H30O3. The molecule has 0 saturated heterocycles. The molecule has 0 spiro atoms. The van der Waals surface area contributed by atoms with Gasteiger partial charge in [-0.3, -0.25) is 9.59 Å². The first kappa shape index (κ1) is 17.6. The molecule has 3 rings (SSSR count). The molecule has 0 aromatic heterocycles. The van der Waals surface area contributed by atoms with Gasteiger partial charge in [0.1, 0.15) is 0 Å². The molecule has 0 amide bonds. The maximum atomic E-state index is 13.1. The van der Waals surface area contributed by atoms with Crippen molar-refractivity contribution >= 4 is 11.6 Å². The van der Waals surface area contributed by atoms with E-state index in [1.165, 1.54) is 6.42 Å². The summed E-state index contributed by atoms with van der Waals surface area (Å²) in [5, 5.41) is 0. The van der Waals surface area contributed by atoms with E-state index in [4.69, 9.17) is 4.74 Å². The van der Waals surface area contributed by atoms with Gasteiger partial charge in [-0.1, -0.05) is 41.0 Å². The minimum absolute atomic E-state index is 0.0568. The molecule has 0 N–H and O–H groups in total. The van der Waals surface area contributed by atoms with Crippen molar-refractivity contribution in [2.45, 2.75) is 66.4 Å². The van der Waals surface area contributed by atoms with Crippen molar-refractivity contribution in [2.75, 3.05) is 7.11 Å². The number of ketones is 2. The molecule has 1 fully saturated rings. The first-order valence-corrected chi connectivity index (χ1v) is 9.21. The van der Waals surface area contributed by atoms with Crippen LogP contribution in [0.4, 0.5) is 0 Å². The monoisotopic (exact) mass is 330 g/mol. The number of ether oxygens (including phenoxy) is 1. The van der Waals surface area contributed by atoms with E-state index in [-0.39, 0.29) is 34.4 Å². The highest BCUT2D eigenvalue weighted by Gasteiger charge is 2.56. The first-order chi connectivity index (χ1) is 11.1. The number of Topliss-reactive ketones (excluding diaryl/α,β-unsaturated/α-hetero) is 2. The van der Waals surface area contributed by atoms with Gasteiger partial charge >= 0.3 is 0 Å². The van der Waals surface area contributed by atoms with Crippen LogP contribution in [-0.2, 0) is 14.3 Å². The molecule has 24 heavy (non-hydrogen) atoms.